The van der Waals surface area contributed by atoms with Crippen LogP contribution in [0, 0.1) is 0 Å². The maximum Gasteiger partial charge on any atom is 0.330 e. The van der Waals surface area contributed by atoms with Crippen molar-refractivity contribution < 1.29 is 9.53 Å². The lowest BCUT2D eigenvalue weighted by molar-refractivity contribution is -0.137. The van der Waals surface area contributed by atoms with E-state index in [2.05, 4.69) is 6.58 Å². The molecule has 0 saturated heterocycles. The van der Waals surface area contributed by atoms with Gasteiger partial charge in [-0.05, 0) is 17.7 Å². The molecule has 0 aliphatic heterocycles. The molecule has 0 amide bonds. The zero-order chi connectivity index (χ0) is 11.3. The number of carbonyl (C=O) groups excluding carboxylic acids is 1. The maximum absolute atomic E-state index is 10.7. The summed E-state index contributed by atoms with van der Waals surface area (Å²) in [5.74, 6) is -0.427. The third-order valence-electron chi connectivity index (χ3n) is 1.95. The molecule has 1 aromatic rings. The number of rotatable bonds is 4. The second-order valence-electron chi connectivity index (χ2n) is 3.08. The highest BCUT2D eigenvalue weighted by atomic mass is 16.5. The summed E-state index contributed by atoms with van der Waals surface area (Å²) in [6, 6.07) is 5.28. The molecular formula is C11H14N2O2. The van der Waals surface area contributed by atoms with Crippen LogP contribution >= 0.6 is 0 Å². The lowest BCUT2D eigenvalue weighted by Gasteiger charge is -2.06. The highest BCUT2D eigenvalue weighted by molar-refractivity contribution is 5.81. The predicted octanol–water partition coefficient (Wildman–Crippen LogP) is 1.12. The zero-order valence-electron chi connectivity index (χ0n) is 8.40. The summed E-state index contributed by atoms with van der Waals surface area (Å²) >= 11 is 0. The summed E-state index contributed by atoms with van der Waals surface area (Å²) in [5, 5.41) is 0. The van der Waals surface area contributed by atoms with Crippen LogP contribution in [0.5, 0.6) is 0 Å². The molecule has 0 spiro atoms. The van der Waals surface area contributed by atoms with Crippen molar-refractivity contribution in [2.45, 2.75) is 6.42 Å². The largest absolute Gasteiger partial charge is 0.462 e. The highest BCUT2D eigenvalue weighted by Gasteiger charge is 2.01. The molecule has 4 N–H and O–H groups in total. The first-order chi connectivity index (χ1) is 7.13. The van der Waals surface area contributed by atoms with E-state index in [0.717, 1.165) is 11.6 Å². The molecule has 0 aliphatic carbocycles. The molecular weight excluding hydrogens is 192 g/mol. The van der Waals surface area contributed by atoms with Crippen LogP contribution in [-0.4, -0.2) is 12.6 Å². The van der Waals surface area contributed by atoms with E-state index in [0.29, 0.717) is 24.4 Å². The van der Waals surface area contributed by atoms with Crippen LogP contribution in [0.25, 0.3) is 0 Å². The van der Waals surface area contributed by atoms with Gasteiger partial charge in [0.15, 0.2) is 0 Å². The van der Waals surface area contributed by atoms with E-state index in [1.807, 2.05) is 6.07 Å². The van der Waals surface area contributed by atoms with E-state index in [4.69, 9.17) is 16.2 Å². The fourth-order valence-electron chi connectivity index (χ4n) is 1.16. The van der Waals surface area contributed by atoms with Gasteiger partial charge in [0.1, 0.15) is 0 Å². The molecule has 4 nitrogen and oxygen atoms in total. The van der Waals surface area contributed by atoms with Crippen LogP contribution in [0.3, 0.4) is 0 Å². The monoisotopic (exact) mass is 206 g/mol. The van der Waals surface area contributed by atoms with Gasteiger partial charge in [0, 0.05) is 23.9 Å². The number of esters is 1. The number of benzene rings is 1. The predicted molar refractivity (Wildman–Crippen MR) is 60.1 cm³/mol. The molecule has 0 fully saturated rings. The smallest absolute Gasteiger partial charge is 0.330 e. The number of hydrogen-bond acceptors (Lipinski definition) is 4. The number of nitrogen functional groups attached to an aromatic ring is 2. The van der Waals surface area contributed by atoms with Crippen LogP contribution in [0.15, 0.2) is 30.9 Å². The summed E-state index contributed by atoms with van der Waals surface area (Å²) in [6.07, 6.45) is 1.71. The Hall–Kier alpha value is -1.97. The average molecular weight is 206 g/mol. The van der Waals surface area contributed by atoms with Crippen LogP contribution in [0.1, 0.15) is 5.56 Å². The molecule has 0 heterocycles. The van der Waals surface area contributed by atoms with Gasteiger partial charge in [-0.2, -0.15) is 0 Å². The number of hydrogen-bond donors (Lipinski definition) is 2. The number of anilines is 2. The van der Waals surface area contributed by atoms with Crippen molar-refractivity contribution in [1.29, 1.82) is 0 Å². The van der Waals surface area contributed by atoms with Crippen LogP contribution in [0.4, 0.5) is 11.4 Å². The van der Waals surface area contributed by atoms with Gasteiger partial charge in [-0.1, -0.05) is 12.6 Å². The second kappa shape index (κ2) is 5.05. The molecule has 0 bridgehead atoms. The molecule has 0 unspecified atom stereocenters. The molecule has 0 saturated carbocycles. The third kappa shape index (κ3) is 3.34. The van der Waals surface area contributed by atoms with E-state index >= 15 is 0 Å². The van der Waals surface area contributed by atoms with Gasteiger partial charge >= 0.3 is 5.97 Å². The Balaban J connectivity index is 2.51. The Bertz CT molecular complexity index is 375. The van der Waals surface area contributed by atoms with Crippen LogP contribution in [-0.2, 0) is 16.0 Å². The zero-order valence-corrected chi connectivity index (χ0v) is 8.40. The quantitative estimate of drug-likeness (QED) is 0.439. The Morgan fingerprint density at radius 1 is 1.47 bits per heavy atom. The van der Waals surface area contributed by atoms with E-state index in [1.165, 1.54) is 0 Å². The van der Waals surface area contributed by atoms with Crippen molar-refractivity contribution in [3.63, 3.8) is 0 Å². The van der Waals surface area contributed by atoms with Crippen molar-refractivity contribution in [3.8, 4) is 0 Å². The molecule has 0 atom stereocenters. The Labute approximate surface area is 88.5 Å². The maximum atomic E-state index is 10.7. The summed E-state index contributed by atoms with van der Waals surface area (Å²) in [5.41, 5.74) is 13.4. The first-order valence-corrected chi connectivity index (χ1v) is 4.56. The highest BCUT2D eigenvalue weighted by Crippen LogP contribution is 2.16. The summed E-state index contributed by atoms with van der Waals surface area (Å²) in [7, 11) is 0. The molecule has 4 heteroatoms. The van der Waals surface area contributed by atoms with Gasteiger partial charge in [0.2, 0.25) is 0 Å². The van der Waals surface area contributed by atoms with Crippen LogP contribution in [0.2, 0.25) is 0 Å². The number of ether oxygens (including phenoxy) is 1. The summed E-state index contributed by atoms with van der Waals surface area (Å²) in [4.78, 5) is 10.7. The Morgan fingerprint density at radius 3 is 2.80 bits per heavy atom. The summed E-state index contributed by atoms with van der Waals surface area (Å²) < 4.78 is 4.84. The van der Waals surface area contributed by atoms with Gasteiger partial charge in [-0.25, -0.2) is 4.79 Å². The first-order valence-electron chi connectivity index (χ1n) is 4.56. The lowest BCUT2D eigenvalue weighted by Crippen LogP contribution is -2.06. The minimum Gasteiger partial charge on any atom is -0.462 e. The Morgan fingerprint density at radius 2 is 2.20 bits per heavy atom. The minimum atomic E-state index is -0.427. The van der Waals surface area contributed by atoms with Gasteiger partial charge < -0.3 is 16.2 Å². The third-order valence-corrected chi connectivity index (χ3v) is 1.95. The molecule has 15 heavy (non-hydrogen) atoms. The number of nitrogens with two attached hydrogens (primary N) is 2. The van der Waals surface area contributed by atoms with Crippen molar-refractivity contribution >= 4 is 17.3 Å². The first kappa shape index (κ1) is 11.1. The molecule has 0 aliphatic rings. The lowest BCUT2D eigenvalue weighted by atomic mass is 10.1. The van der Waals surface area contributed by atoms with Crippen molar-refractivity contribution in [2.24, 2.45) is 0 Å². The van der Waals surface area contributed by atoms with Gasteiger partial charge in [0.05, 0.1) is 6.61 Å². The van der Waals surface area contributed by atoms with E-state index in [9.17, 15) is 4.79 Å². The van der Waals surface area contributed by atoms with Crippen molar-refractivity contribution in [2.75, 3.05) is 18.1 Å². The standard InChI is InChI=1S/C11H14N2O2/c1-2-11(14)15-6-5-8-3-4-9(12)7-10(8)13/h2-4,7H,1,5-6,12-13H2. The molecule has 1 aromatic carbocycles. The van der Waals surface area contributed by atoms with Gasteiger partial charge in [0.25, 0.3) is 0 Å². The Kier molecular flexibility index (Phi) is 3.74. The molecule has 80 valence electrons. The van der Waals surface area contributed by atoms with Gasteiger partial charge in [-0.3, -0.25) is 0 Å². The molecule has 0 aromatic heterocycles. The van der Waals surface area contributed by atoms with Crippen molar-refractivity contribution in [3.05, 3.63) is 36.4 Å². The molecule has 1 rings (SSSR count). The topological polar surface area (TPSA) is 78.3 Å². The molecule has 0 radical (unpaired) electrons. The van der Waals surface area contributed by atoms with Gasteiger partial charge in [-0.15, -0.1) is 0 Å². The average Bonchev–Trinajstić information content (AvgIpc) is 2.21. The number of carbonyl (C=O) groups is 1. The fourth-order valence-corrected chi connectivity index (χ4v) is 1.16. The van der Waals surface area contributed by atoms with E-state index < -0.39 is 5.97 Å². The fraction of sp³-hybridized carbons (Fsp3) is 0.182. The van der Waals surface area contributed by atoms with E-state index in [1.54, 1.807) is 12.1 Å². The van der Waals surface area contributed by atoms with E-state index in [-0.39, 0.29) is 0 Å². The van der Waals surface area contributed by atoms with Crippen LogP contribution < -0.4 is 11.5 Å². The second-order valence-corrected chi connectivity index (χ2v) is 3.08. The van der Waals surface area contributed by atoms with Crippen molar-refractivity contribution in [1.82, 2.24) is 0 Å². The minimum absolute atomic E-state index is 0.291. The summed E-state index contributed by atoms with van der Waals surface area (Å²) in [6.45, 7) is 3.59. The normalized spacial score (nSPS) is 9.60. The SMILES string of the molecule is C=CC(=O)OCCc1ccc(N)cc1N.